The van der Waals surface area contributed by atoms with Crippen molar-refractivity contribution in [3.05, 3.63) is 29.3 Å². The molecule has 1 aromatic heterocycles. The summed E-state index contributed by atoms with van der Waals surface area (Å²) in [4.78, 5) is 0. The second kappa shape index (κ2) is 5.69. The van der Waals surface area contributed by atoms with E-state index < -0.39 is 31.4 Å². The minimum atomic E-state index is -4.16. The molecule has 0 aliphatic heterocycles. The molecule has 21 heavy (non-hydrogen) atoms. The lowest BCUT2D eigenvalue weighted by atomic mass is 10.1. The third kappa shape index (κ3) is 2.91. The lowest BCUT2D eigenvalue weighted by Gasteiger charge is -2.10. The Hall–Kier alpha value is -1.54. The Balaban J connectivity index is 2.77. The van der Waals surface area contributed by atoms with E-state index in [1.165, 1.54) is 13.0 Å². The van der Waals surface area contributed by atoms with Crippen molar-refractivity contribution >= 4 is 19.7 Å². The number of aromatic nitrogens is 3. The van der Waals surface area contributed by atoms with E-state index in [4.69, 9.17) is 10.7 Å². The molecule has 9 heteroatoms. The molecule has 0 amide bonds. The van der Waals surface area contributed by atoms with Gasteiger partial charge in [-0.15, -0.1) is 10.2 Å². The Kier molecular flexibility index (Phi) is 4.29. The van der Waals surface area contributed by atoms with Crippen LogP contribution < -0.4 is 0 Å². The van der Waals surface area contributed by atoms with Gasteiger partial charge in [0.05, 0.1) is 5.56 Å². The second-order valence-electron chi connectivity index (χ2n) is 4.45. The molecular weight excluding hydrogens is 324 g/mol. The van der Waals surface area contributed by atoms with E-state index in [9.17, 15) is 17.2 Å². The first-order valence-corrected chi connectivity index (χ1v) is 8.41. The van der Waals surface area contributed by atoms with Gasteiger partial charge in [0.15, 0.2) is 5.82 Å². The second-order valence-corrected chi connectivity index (χ2v) is 6.91. The number of rotatable bonds is 4. The summed E-state index contributed by atoms with van der Waals surface area (Å²) in [5.41, 5.74) is -0.199. The monoisotopic (exact) mass is 335 g/mol. The van der Waals surface area contributed by atoms with Gasteiger partial charge in [0.25, 0.3) is 14.2 Å². The SMILES string of the molecule is CCCn1c(-c2c(F)ccc(C)c2F)nnc1S(=O)(=O)Cl. The fraction of sp³-hybridized carbons (Fsp3) is 0.333. The number of benzene rings is 1. The van der Waals surface area contributed by atoms with E-state index in [1.54, 1.807) is 6.92 Å². The lowest BCUT2D eigenvalue weighted by Crippen LogP contribution is -2.09. The molecule has 114 valence electrons. The predicted octanol–water partition coefficient (Wildman–Crippen LogP) is 2.87. The van der Waals surface area contributed by atoms with E-state index in [-0.39, 0.29) is 17.9 Å². The summed E-state index contributed by atoms with van der Waals surface area (Å²) in [5.74, 6) is -1.85. The number of hydrogen-bond acceptors (Lipinski definition) is 4. The van der Waals surface area contributed by atoms with E-state index in [0.29, 0.717) is 6.42 Å². The zero-order valence-electron chi connectivity index (χ0n) is 11.3. The summed E-state index contributed by atoms with van der Waals surface area (Å²) in [6.07, 6.45) is 0.513. The fourth-order valence-electron chi connectivity index (χ4n) is 1.94. The molecule has 0 saturated heterocycles. The first-order valence-electron chi connectivity index (χ1n) is 6.10. The molecule has 0 aliphatic carbocycles. The Morgan fingerprint density at radius 2 is 1.95 bits per heavy atom. The van der Waals surface area contributed by atoms with Crippen LogP contribution in [0.1, 0.15) is 18.9 Å². The highest BCUT2D eigenvalue weighted by Crippen LogP contribution is 2.29. The summed E-state index contributed by atoms with van der Waals surface area (Å²) in [5, 5.41) is 6.53. The molecule has 0 N–H and O–H groups in total. The zero-order valence-corrected chi connectivity index (χ0v) is 12.8. The summed E-state index contributed by atoms with van der Waals surface area (Å²) in [6, 6.07) is 2.38. The van der Waals surface area contributed by atoms with Crippen molar-refractivity contribution in [2.45, 2.75) is 32.0 Å². The first kappa shape index (κ1) is 15.8. The standard InChI is InChI=1S/C12H12ClF2N3O2S/c1-3-6-18-11(16-17-12(18)21(13,19)20)9-8(14)5-4-7(2)10(9)15/h4-5H,3,6H2,1-2H3. The van der Waals surface area contributed by atoms with E-state index >= 15 is 0 Å². The molecule has 5 nitrogen and oxygen atoms in total. The van der Waals surface area contributed by atoms with Gasteiger partial charge < -0.3 is 0 Å². The van der Waals surface area contributed by atoms with Gasteiger partial charge >= 0.3 is 0 Å². The molecule has 0 bridgehead atoms. The Morgan fingerprint density at radius 1 is 1.29 bits per heavy atom. The Labute approximate surface area is 125 Å². The van der Waals surface area contributed by atoms with Gasteiger partial charge in [0.2, 0.25) is 0 Å². The first-order chi connectivity index (χ1) is 9.77. The maximum atomic E-state index is 14.2. The summed E-state index contributed by atoms with van der Waals surface area (Å²) < 4.78 is 52.1. The average Bonchev–Trinajstić information content (AvgIpc) is 2.79. The molecular formula is C12H12ClF2N3O2S. The molecule has 0 radical (unpaired) electrons. The van der Waals surface area contributed by atoms with Crippen LogP contribution in [-0.4, -0.2) is 23.2 Å². The normalized spacial score (nSPS) is 11.9. The average molecular weight is 336 g/mol. The van der Waals surface area contributed by atoms with Crippen LogP contribution in [0.2, 0.25) is 0 Å². The van der Waals surface area contributed by atoms with Crippen molar-refractivity contribution in [2.75, 3.05) is 0 Å². The topological polar surface area (TPSA) is 64.8 Å². The van der Waals surface area contributed by atoms with Crippen molar-refractivity contribution < 1.29 is 17.2 Å². The van der Waals surface area contributed by atoms with Gasteiger partial charge in [-0.3, -0.25) is 4.57 Å². The molecule has 1 aromatic carbocycles. The van der Waals surface area contributed by atoms with Crippen molar-refractivity contribution in [1.29, 1.82) is 0 Å². The highest BCUT2D eigenvalue weighted by Gasteiger charge is 2.26. The molecule has 0 spiro atoms. The minimum Gasteiger partial charge on any atom is -0.297 e. The summed E-state index contributed by atoms with van der Waals surface area (Å²) in [6.45, 7) is 3.41. The number of nitrogens with zero attached hydrogens (tertiary/aromatic N) is 3. The van der Waals surface area contributed by atoms with Gasteiger partial charge in [-0.2, -0.15) is 0 Å². The number of halogens is 3. The molecule has 0 atom stereocenters. The van der Waals surface area contributed by atoms with Gasteiger partial charge in [0, 0.05) is 17.2 Å². The third-order valence-electron chi connectivity index (χ3n) is 2.89. The molecule has 0 fully saturated rings. The van der Waals surface area contributed by atoms with Crippen molar-refractivity contribution in [2.24, 2.45) is 0 Å². The largest absolute Gasteiger partial charge is 0.297 e. The van der Waals surface area contributed by atoms with E-state index in [1.807, 2.05) is 0 Å². The van der Waals surface area contributed by atoms with Crippen molar-refractivity contribution in [1.82, 2.24) is 14.8 Å². The number of aryl methyl sites for hydroxylation is 1. The van der Waals surface area contributed by atoms with Gasteiger partial charge in [0.1, 0.15) is 11.6 Å². The van der Waals surface area contributed by atoms with Gasteiger partial charge in [-0.25, -0.2) is 17.2 Å². The lowest BCUT2D eigenvalue weighted by molar-refractivity contribution is 0.559. The zero-order chi connectivity index (χ0) is 15.8. The third-order valence-corrected chi connectivity index (χ3v) is 4.04. The van der Waals surface area contributed by atoms with E-state index in [2.05, 4.69) is 10.2 Å². The maximum Gasteiger partial charge on any atom is 0.296 e. The van der Waals surface area contributed by atoms with Crippen LogP contribution in [0.25, 0.3) is 11.4 Å². The van der Waals surface area contributed by atoms with Crippen LogP contribution in [0.3, 0.4) is 0 Å². The molecule has 2 rings (SSSR count). The van der Waals surface area contributed by atoms with Crippen LogP contribution in [0.5, 0.6) is 0 Å². The van der Waals surface area contributed by atoms with Crippen LogP contribution >= 0.6 is 10.7 Å². The maximum absolute atomic E-state index is 14.2. The summed E-state index contributed by atoms with van der Waals surface area (Å²) in [7, 11) is 1.11. The van der Waals surface area contributed by atoms with E-state index in [0.717, 1.165) is 10.6 Å². The molecule has 0 unspecified atom stereocenters. The fourth-order valence-corrected chi connectivity index (χ4v) is 2.86. The molecule has 0 saturated carbocycles. The van der Waals surface area contributed by atoms with Crippen LogP contribution in [0.15, 0.2) is 17.3 Å². The Morgan fingerprint density at radius 3 is 2.52 bits per heavy atom. The summed E-state index contributed by atoms with van der Waals surface area (Å²) >= 11 is 0. The van der Waals surface area contributed by atoms with Crippen molar-refractivity contribution in [3.63, 3.8) is 0 Å². The highest BCUT2D eigenvalue weighted by molar-refractivity contribution is 8.13. The molecule has 0 aliphatic rings. The van der Waals surface area contributed by atoms with Crippen LogP contribution in [0.4, 0.5) is 8.78 Å². The predicted molar refractivity (Wildman–Crippen MR) is 73.4 cm³/mol. The van der Waals surface area contributed by atoms with Crippen LogP contribution in [-0.2, 0) is 15.6 Å². The van der Waals surface area contributed by atoms with Gasteiger partial charge in [-0.1, -0.05) is 13.0 Å². The highest BCUT2D eigenvalue weighted by atomic mass is 35.7. The smallest absolute Gasteiger partial charge is 0.296 e. The number of hydrogen-bond donors (Lipinski definition) is 0. The van der Waals surface area contributed by atoms with Gasteiger partial charge in [-0.05, 0) is 25.0 Å². The molecule has 1 heterocycles. The minimum absolute atomic E-state index is 0.163. The Bertz CT molecular complexity index is 790. The van der Waals surface area contributed by atoms with Crippen LogP contribution in [0, 0.1) is 18.6 Å². The van der Waals surface area contributed by atoms with Crippen molar-refractivity contribution in [3.8, 4) is 11.4 Å². The quantitative estimate of drug-likeness (QED) is 0.806. The molecule has 2 aromatic rings.